The van der Waals surface area contributed by atoms with Gasteiger partial charge in [0.05, 0.1) is 42.4 Å². The van der Waals surface area contributed by atoms with Gasteiger partial charge >= 0.3 is 18.4 Å². The topological polar surface area (TPSA) is 237 Å². The Kier molecular flexibility index (Phi) is 16.0. The first-order valence-electron chi connectivity index (χ1n) is 24.8. The van der Waals surface area contributed by atoms with Gasteiger partial charge in [-0.1, -0.05) is 24.3 Å². The molecule has 0 aliphatic heterocycles. The monoisotopic (exact) mass is 1140 g/mol. The van der Waals surface area contributed by atoms with Crippen molar-refractivity contribution in [3.63, 3.8) is 0 Å². The Hall–Kier alpha value is -11.5. The molecular formula is C58H42F6N16O4. The molecule has 4 N–H and O–H groups in total. The molecular weight excluding hydrogens is 1100 g/mol. The van der Waals surface area contributed by atoms with Gasteiger partial charge in [0.15, 0.2) is 22.9 Å². The van der Waals surface area contributed by atoms with Gasteiger partial charge in [-0.3, -0.25) is 19.1 Å². The number of hydrogen-bond acceptors (Lipinski definition) is 14. The minimum atomic E-state index is -4.58. The van der Waals surface area contributed by atoms with Crippen LogP contribution in [0.25, 0.3) is 68.2 Å². The number of imidazole rings is 4. The van der Waals surface area contributed by atoms with Crippen LogP contribution < -0.4 is 25.8 Å². The summed E-state index contributed by atoms with van der Waals surface area (Å²) in [6, 6.07) is 26.9. The summed E-state index contributed by atoms with van der Waals surface area (Å²) < 4.78 is 93.8. The van der Waals surface area contributed by atoms with Crippen LogP contribution in [-0.4, -0.2) is 84.1 Å². The molecule has 12 rings (SSSR count). The van der Waals surface area contributed by atoms with Crippen molar-refractivity contribution in [2.45, 2.75) is 12.4 Å². The summed E-state index contributed by atoms with van der Waals surface area (Å²) in [5.41, 5.74) is 11.1. The number of ether oxygens (including phenoxy) is 2. The van der Waals surface area contributed by atoms with E-state index in [1.54, 1.807) is 80.2 Å². The summed E-state index contributed by atoms with van der Waals surface area (Å²) in [7, 11) is 2.57. The van der Waals surface area contributed by atoms with E-state index in [0.29, 0.717) is 45.7 Å². The highest BCUT2D eigenvalue weighted by molar-refractivity contribution is 6.01. The standard InChI is InChI=1S/C29H21F3N8O2.C20H15N7.C9H6F3NO2/c1-42-24-6-5-20(29(30,31)32)16-22(24)38-28(41)36-21-4-2-3-19(15-21)23-17-39-13-11-35-26(39)27(37-23)40-14-12-34-25(40)18-7-9-33-10-8-18;21-16-3-1-2-15(12-16)17-13-26-10-8-24-19(26)20(25-17)27-11-9-23-18(27)14-4-6-22-7-5-14;1-15-8-3-2-6(9(10,11)12)4-7(8)13-5-14/h2-17H,1H3,(H2,36,38,41);1-13H,21H2;2-4H,1H3. The van der Waals surface area contributed by atoms with Crippen LogP contribution in [-0.2, 0) is 17.1 Å². The lowest BCUT2D eigenvalue weighted by molar-refractivity contribution is -0.138. The van der Waals surface area contributed by atoms with Crippen LogP contribution in [0.15, 0.2) is 201 Å². The molecule has 0 aliphatic carbocycles. The third-order valence-corrected chi connectivity index (χ3v) is 12.4. The minimum Gasteiger partial charge on any atom is -0.495 e. The zero-order chi connectivity index (χ0) is 59.0. The predicted octanol–water partition coefficient (Wildman–Crippen LogP) is 12.2. The lowest BCUT2D eigenvalue weighted by Gasteiger charge is -2.15. The highest BCUT2D eigenvalue weighted by Crippen LogP contribution is 2.37. The maximum atomic E-state index is 13.2. The first-order valence-corrected chi connectivity index (χ1v) is 24.8. The number of aliphatic imine (C=N–C) groups is 1. The molecule has 26 heteroatoms. The van der Waals surface area contributed by atoms with Gasteiger partial charge in [-0.15, -0.1) is 0 Å². The van der Waals surface area contributed by atoms with E-state index in [1.165, 1.54) is 20.3 Å². The number of nitrogens with two attached hydrogens (primary N) is 1. The summed E-state index contributed by atoms with van der Waals surface area (Å²) in [4.78, 5) is 61.8. The lowest BCUT2D eigenvalue weighted by Crippen LogP contribution is -2.20. The van der Waals surface area contributed by atoms with Gasteiger partial charge in [0.25, 0.3) is 0 Å². The fourth-order valence-electron chi connectivity index (χ4n) is 8.53. The third-order valence-electron chi connectivity index (χ3n) is 12.4. The summed E-state index contributed by atoms with van der Waals surface area (Å²) in [6.45, 7) is 0. The van der Waals surface area contributed by atoms with Crippen LogP contribution in [0.3, 0.4) is 0 Å². The maximum Gasteiger partial charge on any atom is 0.416 e. The number of nitrogens with zero attached hydrogens (tertiary/aromatic N) is 13. The number of urea groups is 1. The van der Waals surface area contributed by atoms with Crippen molar-refractivity contribution in [2.75, 3.05) is 30.6 Å². The van der Waals surface area contributed by atoms with Gasteiger partial charge in [-0.05, 0) is 84.9 Å². The first-order chi connectivity index (χ1) is 40.6. The number of alkyl halides is 6. The van der Waals surface area contributed by atoms with Crippen LogP contribution in [0.1, 0.15) is 11.1 Å². The highest BCUT2D eigenvalue weighted by atomic mass is 19.4. The Balaban J connectivity index is 0.000000159. The van der Waals surface area contributed by atoms with Gasteiger partial charge < -0.3 is 34.6 Å². The minimum absolute atomic E-state index is 0.0860. The van der Waals surface area contributed by atoms with Crippen molar-refractivity contribution >= 4 is 46.2 Å². The smallest absolute Gasteiger partial charge is 0.416 e. The Morgan fingerprint density at radius 1 is 0.560 bits per heavy atom. The Bertz CT molecular complexity index is 4350. The number of pyridine rings is 2. The summed E-state index contributed by atoms with van der Waals surface area (Å²) >= 11 is 0. The normalized spacial score (nSPS) is 11.2. The van der Waals surface area contributed by atoms with Crippen molar-refractivity contribution in [2.24, 2.45) is 4.99 Å². The molecule has 0 spiro atoms. The number of amides is 2. The van der Waals surface area contributed by atoms with Crippen LogP contribution in [0, 0.1) is 0 Å². The average Bonchev–Trinajstić information content (AvgIpc) is 3.27. The molecule has 0 atom stereocenters. The third kappa shape index (κ3) is 12.4. The second-order valence-electron chi connectivity index (χ2n) is 17.7. The number of rotatable bonds is 11. The maximum absolute atomic E-state index is 13.2. The van der Waals surface area contributed by atoms with E-state index in [2.05, 4.69) is 45.5 Å². The van der Waals surface area contributed by atoms with E-state index < -0.39 is 29.5 Å². The van der Waals surface area contributed by atoms with E-state index in [9.17, 15) is 35.9 Å². The molecule has 8 aromatic heterocycles. The van der Waals surface area contributed by atoms with Crippen molar-refractivity contribution in [3.8, 4) is 68.4 Å². The summed E-state index contributed by atoms with van der Waals surface area (Å²) in [5, 5.41) is 5.09. The average molecular weight is 1140 g/mol. The van der Waals surface area contributed by atoms with Gasteiger partial charge in [-0.2, -0.15) is 31.3 Å². The van der Waals surface area contributed by atoms with Gasteiger partial charge in [-0.25, -0.2) is 39.5 Å². The van der Waals surface area contributed by atoms with Gasteiger partial charge in [0.1, 0.15) is 28.8 Å². The second-order valence-corrected chi connectivity index (χ2v) is 17.7. The number of nitrogens with one attached hydrogen (secondary N) is 2. The molecule has 0 aliphatic rings. The zero-order valence-corrected chi connectivity index (χ0v) is 43.8. The Labute approximate surface area is 471 Å². The van der Waals surface area contributed by atoms with Crippen molar-refractivity contribution in [1.82, 2.24) is 57.8 Å². The number of isocyanates is 1. The number of anilines is 3. The largest absolute Gasteiger partial charge is 0.495 e. The number of fused-ring (bicyclic) bond motifs is 2. The fourth-order valence-corrected chi connectivity index (χ4v) is 8.53. The van der Waals surface area contributed by atoms with E-state index in [-0.39, 0.29) is 22.9 Å². The van der Waals surface area contributed by atoms with E-state index >= 15 is 0 Å². The molecule has 2 amide bonds. The number of aromatic nitrogens is 12. The molecule has 0 radical (unpaired) electrons. The Morgan fingerprint density at radius 3 is 1.57 bits per heavy atom. The molecule has 0 fully saturated rings. The molecule has 4 aromatic carbocycles. The number of halogens is 6. The first kappa shape index (κ1) is 55.8. The van der Waals surface area contributed by atoms with Gasteiger partial charge in [0, 0.05) is 120 Å². The van der Waals surface area contributed by atoms with E-state index in [4.69, 9.17) is 25.2 Å². The van der Waals surface area contributed by atoms with E-state index in [0.717, 1.165) is 70.3 Å². The lowest BCUT2D eigenvalue weighted by atomic mass is 10.1. The summed E-state index contributed by atoms with van der Waals surface area (Å²) in [6.07, 6.45) is 16.9. The van der Waals surface area contributed by atoms with Crippen molar-refractivity contribution in [3.05, 3.63) is 207 Å². The zero-order valence-electron chi connectivity index (χ0n) is 43.8. The van der Waals surface area contributed by atoms with Crippen molar-refractivity contribution < 1.29 is 45.4 Å². The molecule has 0 saturated heterocycles. The molecule has 0 unspecified atom stereocenters. The van der Waals surface area contributed by atoms with Crippen LogP contribution >= 0.6 is 0 Å². The number of benzene rings is 4. The van der Waals surface area contributed by atoms with Crippen LogP contribution in [0.2, 0.25) is 0 Å². The van der Waals surface area contributed by atoms with Crippen LogP contribution in [0.5, 0.6) is 11.5 Å². The Morgan fingerprint density at radius 2 is 1.06 bits per heavy atom. The van der Waals surface area contributed by atoms with Gasteiger partial charge in [0.2, 0.25) is 6.08 Å². The number of carbonyl (C=O) groups is 1. The number of hydrogen-bond donors (Lipinski definition) is 3. The fraction of sp³-hybridized carbons (Fsp3) is 0.0690. The molecule has 8 heterocycles. The highest BCUT2D eigenvalue weighted by Gasteiger charge is 2.32. The second kappa shape index (κ2) is 24.1. The van der Waals surface area contributed by atoms with Crippen molar-refractivity contribution in [1.29, 1.82) is 0 Å². The molecule has 20 nitrogen and oxygen atoms in total. The van der Waals surface area contributed by atoms with E-state index in [1.807, 2.05) is 97.3 Å². The molecule has 12 aromatic rings. The molecule has 0 saturated carbocycles. The number of methoxy groups -OCH3 is 2. The predicted molar refractivity (Wildman–Crippen MR) is 298 cm³/mol. The number of carbonyl (C=O) groups excluding carboxylic acids is 2. The molecule has 0 bridgehead atoms. The SMILES string of the molecule is COc1ccc(C(F)(F)F)cc1N=C=O.COc1ccc(C(F)(F)F)cc1NC(=O)Nc1cccc(-c2cn3ccnc3c(-n3ccnc3-c3ccncc3)n2)c1.Nc1cccc(-c2cn3ccnc3c(-n3ccnc3-c3ccncc3)n2)c1. The molecule has 420 valence electrons. The molecule has 84 heavy (non-hydrogen) atoms. The quantitative estimate of drug-likeness (QED) is 0.0473. The summed E-state index contributed by atoms with van der Waals surface area (Å²) in [5.74, 6) is 2.84. The van der Waals surface area contributed by atoms with Crippen LogP contribution in [0.4, 0.5) is 53.9 Å². The number of nitrogen functional groups attached to an aromatic ring is 1.